The molecule has 2 aromatic rings. The van der Waals surface area contributed by atoms with Crippen LogP contribution in [0.1, 0.15) is 16.8 Å². The van der Waals surface area contributed by atoms with Gasteiger partial charge in [0.05, 0.1) is 12.2 Å². The van der Waals surface area contributed by atoms with Gasteiger partial charge in [-0.1, -0.05) is 31.9 Å². The zero-order valence-corrected chi connectivity index (χ0v) is 14.9. The molecule has 0 saturated heterocycles. The van der Waals surface area contributed by atoms with E-state index in [1.54, 1.807) is 12.1 Å². The molecular weight excluding hydrogens is 414 g/mol. The number of ether oxygens (including phenoxy) is 1. The van der Waals surface area contributed by atoms with E-state index in [1.165, 1.54) is 0 Å². The lowest BCUT2D eigenvalue weighted by Gasteiger charge is -2.11. The molecule has 2 N–H and O–H groups in total. The highest BCUT2D eigenvalue weighted by atomic mass is 79.9. The van der Waals surface area contributed by atoms with E-state index < -0.39 is 5.97 Å². The quantitative estimate of drug-likeness (QED) is 0.622. The SMILES string of the molecule is O=C(O)c1cc(Br)ccc1NCCCOc1ccc(Br)cc1. The summed E-state index contributed by atoms with van der Waals surface area (Å²) in [4.78, 5) is 11.2. The van der Waals surface area contributed by atoms with Crippen molar-refractivity contribution in [1.29, 1.82) is 0 Å². The first-order valence-electron chi connectivity index (χ1n) is 6.71. The lowest BCUT2D eigenvalue weighted by Crippen LogP contribution is -2.10. The molecule has 0 unspecified atom stereocenters. The second-order valence-electron chi connectivity index (χ2n) is 4.58. The van der Waals surface area contributed by atoms with E-state index in [0.717, 1.165) is 21.1 Å². The highest BCUT2D eigenvalue weighted by Crippen LogP contribution is 2.21. The Morgan fingerprint density at radius 3 is 2.45 bits per heavy atom. The van der Waals surface area contributed by atoms with Crippen LogP contribution in [0.25, 0.3) is 0 Å². The Kier molecular flexibility index (Phi) is 6.27. The third kappa shape index (κ3) is 5.03. The van der Waals surface area contributed by atoms with E-state index in [2.05, 4.69) is 37.2 Å². The largest absolute Gasteiger partial charge is 0.494 e. The minimum absolute atomic E-state index is 0.253. The van der Waals surface area contributed by atoms with E-state index in [4.69, 9.17) is 4.74 Å². The number of nitrogens with one attached hydrogen (secondary N) is 1. The number of benzene rings is 2. The van der Waals surface area contributed by atoms with Crippen molar-refractivity contribution in [1.82, 2.24) is 0 Å². The van der Waals surface area contributed by atoms with Crippen molar-refractivity contribution in [2.75, 3.05) is 18.5 Å². The van der Waals surface area contributed by atoms with Gasteiger partial charge in [0.2, 0.25) is 0 Å². The molecule has 2 rings (SSSR count). The van der Waals surface area contributed by atoms with Gasteiger partial charge in [0.15, 0.2) is 0 Å². The average molecular weight is 429 g/mol. The summed E-state index contributed by atoms with van der Waals surface area (Å²) in [5.74, 6) is -0.132. The van der Waals surface area contributed by atoms with Crippen LogP contribution in [0.4, 0.5) is 5.69 Å². The predicted molar refractivity (Wildman–Crippen MR) is 93.8 cm³/mol. The summed E-state index contributed by atoms with van der Waals surface area (Å²) in [7, 11) is 0. The van der Waals surface area contributed by atoms with Gasteiger partial charge in [-0.25, -0.2) is 4.79 Å². The minimum atomic E-state index is -0.949. The molecule has 0 heterocycles. The zero-order chi connectivity index (χ0) is 15.9. The van der Waals surface area contributed by atoms with Crippen molar-refractivity contribution < 1.29 is 14.6 Å². The first-order chi connectivity index (χ1) is 10.6. The summed E-state index contributed by atoms with van der Waals surface area (Å²) in [6.45, 7) is 1.20. The highest BCUT2D eigenvalue weighted by Gasteiger charge is 2.09. The molecule has 0 aliphatic heterocycles. The van der Waals surface area contributed by atoms with Gasteiger partial charge in [-0.05, 0) is 48.9 Å². The number of anilines is 1. The fourth-order valence-electron chi connectivity index (χ4n) is 1.86. The van der Waals surface area contributed by atoms with Crippen LogP contribution < -0.4 is 10.1 Å². The van der Waals surface area contributed by atoms with Gasteiger partial charge >= 0.3 is 5.97 Å². The highest BCUT2D eigenvalue weighted by molar-refractivity contribution is 9.10. The summed E-state index contributed by atoms with van der Waals surface area (Å²) in [6, 6.07) is 12.8. The van der Waals surface area contributed by atoms with Crippen molar-refractivity contribution in [2.24, 2.45) is 0 Å². The van der Waals surface area contributed by atoms with E-state index in [0.29, 0.717) is 18.8 Å². The van der Waals surface area contributed by atoms with Crippen molar-refractivity contribution >= 4 is 43.5 Å². The molecule has 0 aliphatic carbocycles. The Hall–Kier alpha value is -1.53. The Balaban J connectivity index is 1.79. The second-order valence-corrected chi connectivity index (χ2v) is 6.41. The van der Waals surface area contributed by atoms with Crippen LogP contribution in [-0.4, -0.2) is 24.2 Å². The van der Waals surface area contributed by atoms with Crippen LogP contribution in [0.15, 0.2) is 51.4 Å². The van der Waals surface area contributed by atoms with Crippen molar-refractivity contribution in [3.8, 4) is 5.75 Å². The number of carboxylic acids is 1. The van der Waals surface area contributed by atoms with Crippen LogP contribution in [-0.2, 0) is 0 Å². The molecule has 0 amide bonds. The molecule has 0 aliphatic rings. The van der Waals surface area contributed by atoms with Gasteiger partial charge in [-0.15, -0.1) is 0 Å². The molecule has 2 aromatic carbocycles. The van der Waals surface area contributed by atoms with Crippen molar-refractivity contribution in [3.63, 3.8) is 0 Å². The fraction of sp³-hybridized carbons (Fsp3) is 0.188. The Bertz CT molecular complexity index is 644. The Morgan fingerprint density at radius 2 is 1.77 bits per heavy atom. The topological polar surface area (TPSA) is 58.6 Å². The predicted octanol–water partition coefficient (Wildman–Crippen LogP) is 4.79. The maximum absolute atomic E-state index is 11.2. The zero-order valence-electron chi connectivity index (χ0n) is 11.7. The molecular formula is C16H15Br2NO3. The molecule has 116 valence electrons. The van der Waals surface area contributed by atoms with E-state index in [-0.39, 0.29) is 5.56 Å². The molecule has 0 fully saturated rings. The van der Waals surface area contributed by atoms with Gasteiger partial charge in [-0.3, -0.25) is 0 Å². The standard InChI is InChI=1S/C16H15Br2NO3/c17-11-2-5-13(6-3-11)22-9-1-8-19-15-7-4-12(18)10-14(15)16(20)21/h2-7,10,19H,1,8-9H2,(H,20,21). The number of hydrogen-bond acceptors (Lipinski definition) is 3. The summed E-state index contributed by atoms with van der Waals surface area (Å²) in [5.41, 5.74) is 0.863. The third-order valence-corrected chi connectivity index (χ3v) is 3.95. The molecule has 0 aromatic heterocycles. The fourth-order valence-corrected chi connectivity index (χ4v) is 2.49. The van der Waals surface area contributed by atoms with Gasteiger partial charge < -0.3 is 15.2 Å². The average Bonchev–Trinajstić information content (AvgIpc) is 2.50. The number of aromatic carboxylic acids is 1. The maximum atomic E-state index is 11.2. The van der Waals surface area contributed by atoms with Crippen LogP contribution in [0, 0.1) is 0 Å². The van der Waals surface area contributed by atoms with E-state index >= 15 is 0 Å². The minimum Gasteiger partial charge on any atom is -0.494 e. The second kappa shape index (κ2) is 8.19. The summed E-state index contributed by atoms with van der Waals surface area (Å²) in [5, 5.41) is 12.3. The molecule has 6 heteroatoms. The first kappa shape index (κ1) is 16.8. The Morgan fingerprint density at radius 1 is 1.09 bits per heavy atom. The molecule has 0 atom stereocenters. The number of carboxylic acid groups (broad SMARTS) is 1. The lowest BCUT2D eigenvalue weighted by molar-refractivity contribution is 0.0698. The normalized spacial score (nSPS) is 10.3. The molecule has 4 nitrogen and oxygen atoms in total. The maximum Gasteiger partial charge on any atom is 0.337 e. The van der Waals surface area contributed by atoms with Crippen molar-refractivity contribution in [2.45, 2.75) is 6.42 Å². The first-order valence-corrected chi connectivity index (χ1v) is 8.30. The van der Waals surface area contributed by atoms with Gasteiger partial charge in [0, 0.05) is 21.2 Å². The van der Waals surface area contributed by atoms with Crippen LogP contribution in [0.2, 0.25) is 0 Å². The monoisotopic (exact) mass is 427 g/mol. The van der Waals surface area contributed by atoms with Gasteiger partial charge in [-0.2, -0.15) is 0 Å². The van der Waals surface area contributed by atoms with Crippen molar-refractivity contribution in [3.05, 3.63) is 57.0 Å². The number of rotatable bonds is 7. The number of hydrogen-bond donors (Lipinski definition) is 2. The molecule has 0 saturated carbocycles. The molecule has 0 radical (unpaired) electrons. The van der Waals surface area contributed by atoms with E-state index in [9.17, 15) is 9.90 Å². The van der Waals surface area contributed by atoms with Crippen LogP contribution >= 0.6 is 31.9 Å². The number of halogens is 2. The number of carbonyl (C=O) groups is 1. The lowest BCUT2D eigenvalue weighted by atomic mass is 10.2. The Labute approximate surface area is 145 Å². The molecule has 22 heavy (non-hydrogen) atoms. The van der Waals surface area contributed by atoms with Crippen LogP contribution in [0.5, 0.6) is 5.75 Å². The van der Waals surface area contributed by atoms with Crippen LogP contribution in [0.3, 0.4) is 0 Å². The summed E-state index contributed by atoms with van der Waals surface area (Å²) < 4.78 is 7.37. The molecule has 0 spiro atoms. The molecule has 0 bridgehead atoms. The van der Waals surface area contributed by atoms with E-state index in [1.807, 2.05) is 30.3 Å². The van der Waals surface area contributed by atoms with Gasteiger partial charge in [0.25, 0.3) is 0 Å². The summed E-state index contributed by atoms with van der Waals surface area (Å²) >= 11 is 6.65. The summed E-state index contributed by atoms with van der Waals surface area (Å²) in [6.07, 6.45) is 0.769. The third-order valence-electron chi connectivity index (χ3n) is 2.93. The smallest absolute Gasteiger partial charge is 0.337 e. The van der Waals surface area contributed by atoms with Gasteiger partial charge in [0.1, 0.15) is 5.75 Å².